The van der Waals surface area contributed by atoms with E-state index >= 15 is 0 Å². The topological polar surface area (TPSA) is 44.9 Å². The molecule has 3 nitrogen and oxygen atoms in total. The molecule has 3 heteroatoms. The number of hydrogen-bond acceptors (Lipinski definition) is 1. The van der Waals surface area contributed by atoms with E-state index in [2.05, 4.69) is 41.5 Å². The molecule has 122 valence electrons. The molecule has 23 heavy (non-hydrogen) atoms. The van der Waals surface area contributed by atoms with Gasteiger partial charge >= 0.3 is 0 Å². The molecular weight excluding hydrogens is 284 g/mol. The van der Waals surface area contributed by atoms with Gasteiger partial charge in [0.2, 0.25) is 6.41 Å². The fourth-order valence-corrected chi connectivity index (χ4v) is 2.31. The second kappa shape index (κ2) is 9.46. The van der Waals surface area contributed by atoms with Crippen LogP contribution in [0.4, 0.5) is 5.69 Å². The molecule has 2 N–H and O–H groups in total. The maximum atomic E-state index is 10.7. The summed E-state index contributed by atoms with van der Waals surface area (Å²) < 4.78 is 0. The summed E-state index contributed by atoms with van der Waals surface area (Å²) in [6.45, 7) is 10.1. The number of amides is 1. The van der Waals surface area contributed by atoms with Crippen LogP contribution in [0.5, 0.6) is 0 Å². The molecule has 0 aliphatic rings. The molecule has 0 spiro atoms. The van der Waals surface area contributed by atoms with E-state index in [-0.39, 0.29) is 0 Å². The number of hydrogen-bond donors (Lipinski definition) is 2. The molecule has 1 aromatic carbocycles. The van der Waals surface area contributed by atoms with Crippen LogP contribution in [0.1, 0.15) is 45.9 Å². The van der Waals surface area contributed by atoms with Crippen LogP contribution in [0.2, 0.25) is 0 Å². The number of aromatic amines is 1. The number of nitrogens with one attached hydrogen (secondary N) is 2. The molecule has 0 aliphatic heterocycles. The lowest BCUT2D eigenvalue weighted by Crippen LogP contribution is -2.20. The zero-order valence-electron chi connectivity index (χ0n) is 14.6. The Morgan fingerprint density at radius 3 is 2.39 bits per heavy atom. The molecule has 0 unspecified atom stereocenters. The largest absolute Gasteiger partial charge is 0.355 e. The highest BCUT2D eigenvalue weighted by molar-refractivity contribution is 5.86. The fraction of sp³-hybridized carbons (Fsp3) is 0.250. The molecule has 2 aromatic rings. The van der Waals surface area contributed by atoms with Crippen molar-refractivity contribution in [1.82, 2.24) is 4.98 Å². The first kappa shape index (κ1) is 18.5. The molecule has 0 aliphatic carbocycles. The number of carbonyl (C=O) groups excluding carboxylic acids is 1. The molecular formula is C20H26N2O. The van der Waals surface area contributed by atoms with E-state index in [1.807, 2.05) is 52.0 Å². The van der Waals surface area contributed by atoms with Crippen LogP contribution in [0.15, 0.2) is 30.3 Å². The number of benzene rings is 1. The van der Waals surface area contributed by atoms with E-state index < -0.39 is 0 Å². The fourth-order valence-electron chi connectivity index (χ4n) is 2.31. The van der Waals surface area contributed by atoms with Gasteiger partial charge in [-0.2, -0.15) is 0 Å². The lowest BCUT2D eigenvalue weighted by Gasteiger charge is -2.05. The summed E-state index contributed by atoms with van der Waals surface area (Å²) in [5, 5.41) is 5.04. The summed E-state index contributed by atoms with van der Waals surface area (Å²) in [7, 11) is 0. The van der Waals surface area contributed by atoms with Gasteiger partial charge in [-0.05, 0) is 55.3 Å². The monoisotopic (exact) mass is 310 g/mol. The van der Waals surface area contributed by atoms with E-state index in [9.17, 15) is 4.79 Å². The molecule has 0 saturated carbocycles. The van der Waals surface area contributed by atoms with Crippen LogP contribution in [-0.2, 0) is 4.79 Å². The summed E-state index contributed by atoms with van der Waals surface area (Å²) in [5.41, 5.74) is 3.99. The quantitative estimate of drug-likeness (QED) is 0.830. The lowest BCUT2D eigenvalue weighted by atomic mass is 10.1. The third-order valence-corrected chi connectivity index (χ3v) is 3.45. The summed E-state index contributed by atoms with van der Waals surface area (Å²) in [5.74, 6) is 0. The van der Waals surface area contributed by atoms with Gasteiger partial charge in [-0.1, -0.05) is 44.2 Å². The molecule has 0 atom stereocenters. The van der Waals surface area contributed by atoms with Crippen molar-refractivity contribution in [3.63, 3.8) is 0 Å². The number of carbonyl (C=O) groups is 1. The average Bonchev–Trinajstić information content (AvgIpc) is 3.02. The van der Waals surface area contributed by atoms with Gasteiger partial charge in [-0.15, -0.1) is 0 Å². The highest BCUT2D eigenvalue weighted by atomic mass is 16.1. The molecule has 1 aromatic heterocycles. The molecule has 0 saturated heterocycles. The van der Waals surface area contributed by atoms with Crippen LogP contribution >= 0.6 is 0 Å². The molecule has 0 bridgehead atoms. The van der Waals surface area contributed by atoms with Crippen molar-refractivity contribution >= 4 is 35.9 Å². The molecule has 2 rings (SSSR count). The summed E-state index contributed by atoms with van der Waals surface area (Å²) in [6.07, 6.45) is 6.92. The Morgan fingerprint density at radius 1 is 1.13 bits per heavy atom. The Balaban J connectivity index is 0.00000127. The first-order chi connectivity index (χ1) is 11.2. The number of para-hydroxylation sites is 1. The zero-order valence-corrected chi connectivity index (χ0v) is 14.6. The van der Waals surface area contributed by atoms with Crippen molar-refractivity contribution in [3.05, 3.63) is 52.2 Å². The third-order valence-electron chi connectivity index (χ3n) is 3.45. The Morgan fingerprint density at radius 2 is 1.83 bits per heavy atom. The minimum atomic E-state index is 0.699. The van der Waals surface area contributed by atoms with Crippen LogP contribution in [0, 0.1) is 0 Å². The van der Waals surface area contributed by atoms with Crippen LogP contribution in [0.3, 0.4) is 0 Å². The molecule has 0 fully saturated rings. The van der Waals surface area contributed by atoms with E-state index in [0.29, 0.717) is 6.41 Å². The van der Waals surface area contributed by atoms with Crippen molar-refractivity contribution in [3.8, 4) is 0 Å². The number of H-pyrrole nitrogens is 1. The van der Waals surface area contributed by atoms with Crippen molar-refractivity contribution in [1.29, 1.82) is 0 Å². The van der Waals surface area contributed by atoms with Gasteiger partial charge in [-0.3, -0.25) is 4.79 Å². The highest BCUT2D eigenvalue weighted by Crippen LogP contribution is 2.20. The first-order valence-corrected chi connectivity index (χ1v) is 7.99. The smallest absolute Gasteiger partial charge is 0.211 e. The van der Waals surface area contributed by atoms with E-state index in [1.54, 1.807) is 0 Å². The predicted octanol–water partition coefficient (Wildman–Crippen LogP) is 3.77. The second-order valence-corrected chi connectivity index (χ2v) is 4.81. The van der Waals surface area contributed by atoms with Crippen LogP contribution in [-0.4, -0.2) is 11.4 Å². The maximum Gasteiger partial charge on any atom is 0.211 e. The second-order valence-electron chi connectivity index (χ2n) is 4.81. The number of allylic oxidation sites excluding steroid dienone is 1. The summed E-state index contributed by atoms with van der Waals surface area (Å²) >= 11 is 0. The Labute approximate surface area is 138 Å². The van der Waals surface area contributed by atoms with Crippen LogP contribution in [0.25, 0.3) is 23.8 Å². The van der Waals surface area contributed by atoms with Gasteiger partial charge in [0.05, 0.1) is 0 Å². The first-order valence-electron chi connectivity index (χ1n) is 7.99. The van der Waals surface area contributed by atoms with E-state index in [0.717, 1.165) is 27.9 Å². The van der Waals surface area contributed by atoms with E-state index in [4.69, 9.17) is 0 Å². The van der Waals surface area contributed by atoms with E-state index in [1.165, 1.54) is 5.22 Å². The van der Waals surface area contributed by atoms with Gasteiger partial charge < -0.3 is 10.3 Å². The molecule has 0 radical (unpaired) electrons. The Kier molecular flexibility index (Phi) is 7.61. The lowest BCUT2D eigenvalue weighted by molar-refractivity contribution is -0.105. The summed E-state index contributed by atoms with van der Waals surface area (Å²) in [4.78, 5) is 14.1. The Bertz CT molecular complexity index is 751. The van der Waals surface area contributed by atoms with Gasteiger partial charge in [0.25, 0.3) is 0 Å². The average molecular weight is 310 g/mol. The number of anilines is 1. The minimum absolute atomic E-state index is 0.699. The van der Waals surface area contributed by atoms with Crippen molar-refractivity contribution in [2.24, 2.45) is 0 Å². The van der Waals surface area contributed by atoms with Crippen molar-refractivity contribution < 1.29 is 4.79 Å². The van der Waals surface area contributed by atoms with Crippen molar-refractivity contribution in [2.75, 3.05) is 5.32 Å². The van der Waals surface area contributed by atoms with Gasteiger partial charge in [0, 0.05) is 16.7 Å². The normalized spacial score (nSPS) is 12.7. The minimum Gasteiger partial charge on any atom is -0.355 e. The standard InChI is InChI=1S/C18H20N2O.C2H6/c1-4-14-11-18(20-16(14)5-2)13(3)10-15-8-6-7-9-17(15)19-12-21;1-2/h4-12,20H,1-3H3,(H,19,21);1-2H3/b13-10+,14-4-,16-5+;. The maximum absolute atomic E-state index is 10.7. The van der Waals surface area contributed by atoms with Crippen LogP contribution < -0.4 is 15.9 Å². The van der Waals surface area contributed by atoms with Gasteiger partial charge in [0.1, 0.15) is 0 Å². The van der Waals surface area contributed by atoms with Gasteiger partial charge in [-0.25, -0.2) is 0 Å². The number of aromatic nitrogens is 1. The highest BCUT2D eigenvalue weighted by Gasteiger charge is 2.02. The zero-order chi connectivity index (χ0) is 17.2. The SMILES string of the molecule is C/C=c1/cc(/C(C)=C/c2ccccc2NC=O)[nH]/c1=C/C.CC. The third kappa shape index (κ3) is 4.71. The Hall–Kier alpha value is -2.55. The van der Waals surface area contributed by atoms with Crippen molar-refractivity contribution in [2.45, 2.75) is 34.6 Å². The number of rotatable bonds is 4. The summed E-state index contributed by atoms with van der Waals surface area (Å²) in [6, 6.07) is 9.87. The molecule has 1 heterocycles. The molecule has 1 amide bonds. The van der Waals surface area contributed by atoms with Gasteiger partial charge in [0.15, 0.2) is 0 Å². The predicted molar refractivity (Wildman–Crippen MR) is 101 cm³/mol.